The third-order valence-corrected chi connectivity index (χ3v) is 5.49. The van der Waals surface area contributed by atoms with Gasteiger partial charge in [-0.25, -0.2) is 4.39 Å². The summed E-state index contributed by atoms with van der Waals surface area (Å²) in [7, 11) is 0. The van der Waals surface area contributed by atoms with E-state index in [1.807, 2.05) is 45.0 Å². The van der Waals surface area contributed by atoms with E-state index in [2.05, 4.69) is 5.32 Å². The molecule has 1 aliphatic heterocycles. The lowest BCUT2D eigenvalue weighted by Crippen LogP contribution is -2.28. The minimum Gasteiger partial charge on any atom is -0.326 e. The number of anilines is 2. The number of thioether (sulfide) groups is 1. The van der Waals surface area contributed by atoms with E-state index in [0.717, 1.165) is 11.1 Å². The van der Waals surface area contributed by atoms with Gasteiger partial charge in [-0.1, -0.05) is 32.0 Å². The molecular formula is C21H23FN2O2S. The number of hydrogen-bond acceptors (Lipinski definition) is 3. The zero-order chi connectivity index (χ0) is 19.6. The van der Waals surface area contributed by atoms with Gasteiger partial charge in [-0.2, -0.15) is 0 Å². The maximum Gasteiger partial charge on any atom is 0.238 e. The third-order valence-electron chi connectivity index (χ3n) is 4.28. The Balaban J connectivity index is 1.88. The molecule has 0 aromatic heterocycles. The molecule has 1 saturated heterocycles. The monoisotopic (exact) mass is 386 g/mol. The quantitative estimate of drug-likeness (QED) is 0.795. The van der Waals surface area contributed by atoms with Gasteiger partial charge in [0, 0.05) is 12.1 Å². The second-order valence-corrected chi connectivity index (χ2v) is 8.22. The maximum absolute atomic E-state index is 14.4. The molecule has 0 unspecified atom stereocenters. The van der Waals surface area contributed by atoms with Crippen LogP contribution in [-0.2, 0) is 9.59 Å². The predicted octanol–water partition coefficient (Wildman–Crippen LogP) is 4.90. The molecule has 0 spiro atoms. The molecule has 1 heterocycles. The first-order valence-corrected chi connectivity index (χ1v) is 9.99. The molecule has 1 fully saturated rings. The van der Waals surface area contributed by atoms with E-state index in [-0.39, 0.29) is 23.1 Å². The lowest BCUT2D eigenvalue weighted by molar-refractivity contribution is -0.117. The van der Waals surface area contributed by atoms with Crippen LogP contribution in [0.15, 0.2) is 42.5 Å². The molecule has 142 valence electrons. The van der Waals surface area contributed by atoms with Crippen molar-refractivity contribution < 1.29 is 14.0 Å². The summed E-state index contributed by atoms with van der Waals surface area (Å²) in [4.78, 5) is 26.0. The summed E-state index contributed by atoms with van der Waals surface area (Å²) in [6.07, 6.45) is 0.446. The Kier molecular flexibility index (Phi) is 5.85. The summed E-state index contributed by atoms with van der Waals surface area (Å²) in [6.45, 7) is 5.85. The molecular weight excluding hydrogens is 363 g/mol. The Hall–Kier alpha value is -2.34. The van der Waals surface area contributed by atoms with Crippen molar-refractivity contribution in [3.63, 3.8) is 0 Å². The third kappa shape index (κ3) is 4.50. The first-order chi connectivity index (χ1) is 12.8. The first-order valence-electron chi connectivity index (χ1n) is 8.95. The molecule has 0 bridgehead atoms. The molecule has 6 heteroatoms. The molecule has 0 radical (unpaired) electrons. The van der Waals surface area contributed by atoms with Gasteiger partial charge in [-0.3, -0.25) is 14.5 Å². The van der Waals surface area contributed by atoms with Crippen LogP contribution in [0.4, 0.5) is 15.8 Å². The van der Waals surface area contributed by atoms with Crippen molar-refractivity contribution in [3.8, 4) is 0 Å². The predicted molar refractivity (Wildman–Crippen MR) is 108 cm³/mol. The van der Waals surface area contributed by atoms with Crippen LogP contribution in [0.5, 0.6) is 0 Å². The summed E-state index contributed by atoms with van der Waals surface area (Å²) in [6, 6.07) is 12.2. The van der Waals surface area contributed by atoms with Crippen molar-refractivity contribution in [2.45, 2.75) is 32.6 Å². The number of carbonyl (C=O) groups excluding carboxylic acids is 2. The van der Waals surface area contributed by atoms with E-state index < -0.39 is 5.82 Å². The van der Waals surface area contributed by atoms with E-state index in [4.69, 9.17) is 0 Å². The highest BCUT2D eigenvalue weighted by molar-refractivity contribution is 8.00. The zero-order valence-electron chi connectivity index (χ0n) is 15.7. The standard InChI is InChI=1S/C21H23FN2O2S/c1-13(2)9-19(25)23-16-6-4-5-15(11-16)21-24(20(26)12-27-21)18-10-14(3)7-8-17(18)22/h4-8,10-11,13,21H,9,12H2,1-3H3,(H,23,25)/t21-/m0/s1. The second-order valence-electron chi connectivity index (χ2n) is 7.15. The van der Waals surface area contributed by atoms with Crippen LogP contribution in [0.25, 0.3) is 0 Å². The van der Waals surface area contributed by atoms with Crippen molar-refractivity contribution in [3.05, 3.63) is 59.4 Å². The van der Waals surface area contributed by atoms with Gasteiger partial charge in [0.1, 0.15) is 11.2 Å². The Morgan fingerprint density at radius 2 is 2.07 bits per heavy atom. The molecule has 0 saturated carbocycles. The lowest BCUT2D eigenvalue weighted by atomic mass is 10.1. The summed E-state index contributed by atoms with van der Waals surface area (Å²) < 4.78 is 14.4. The SMILES string of the molecule is Cc1ccc(F)c(N2C(=O)CS[C@H]2c2cccc(NC(=O)CC(C)C)c2)c1. The van der Waals surface area contributed by atoms with Gasteiger partial charge in [-0.05, 0) is 48.2 Å². The van der Waals surface area contributed by atoms with Crippen LogP contribution in [-0.4, -0.2) is 17.6 Å². The molecule has 2 aromatic carbocycles. The average molecular weight is 386 g/mol. The summed E-state index contributed by atoms with van der Waals surface area (Å²) in [5.74, 6) is -0.0106. The van der Waals surface area contributed by atoms with Crippen molar-refractivity contribution in [2.24, 2.45) is 5.92 Å². The molecule has 1 aliphatic rings. The highest BCUT2D eigenvalue weighted by Crippen LogP contribution is 2.43. The fraction of sp³-hybridized carbons (Fsp3) is 0.333. The molecule has 27 heavy (non-hydrogen) atoms. The number of carbonyl (C=O) groups is 2. The van der Waals surface area contributed by atoms with Crippen LogP contribution >= 0.6 is 11.8 Å². The van der Waals surface area contributed by atoms with E-state index in [9.17, 15) is 14.0 Å². The van der Waals surface area contributed by atoms with E-state index >= 15 is 0 Å². The van der Waals surface area contributed by atoms with Crippen LogP contribution in [0.3, 0.4) is 0 Å². The summed E-state index contributed by atoms with van der Waals surface area (Å²) in [5, 5.41) is 2.57. The smallest absolute Gasteiger partial charge is 0.238 e. The Morgan fingerprint density at radius 1 is 1.30 bits per heavy atom. The van der Waals surface area contributed by atoms with Crippen molar-refractivity contribution >= 4 is 35.0 Å². The number of rotatable bonds is 5. The number of nitrogens with zero attached hydrogens (tertiary/aromatic N) is 1. The molecule has 3 rings (SSSR count). The second kappa shape index (κ2) is 8.13. The maximum atomic E-state index is 14.4. The molecule has 0 aliphatic carbocycles. The van der Waals surface area contributed by atoms with E-state index in [1.165, 1.54) is 22.7 Å². The van der Waals surface area contributed by atoms with Gasteiger partial charge >= 0.3 is 0 Å². The van der Waals surface area contributed by atoms with Crippen LogP contribution in [0.1, 0.15) is 36.8 Å². The molecule has 2 amide bonds. The number of benzene rings is 2. The van der Waals surface area contributed by atoms with Gasteiger partial charge in [0.05, 0.1) is 11.4 Å². The zero-order valence-corrected chi connectivity index (χ0v) is 16.5. The van der Waals surface area contributed by atoms with Gasteiger partial charge in [0.2, 0.25) is 11.8 Å². The van der Waals surface area contributed by atoms with Crippen LogP contribution in [0.2, 0.25) is 0 Å². The van der Waals surface area contributed by atoms with Crippen molar-refractivity contribution in [2.75, 3.05) is 16.0 Å². The summed E-state index contributed by atoms with van der Waals surface area (Å²) >= 11 is 1.46. The number of aryl methyl sites for hydroxylation is 1. The average Bonchev–Trinajstić information content (AvgIpc) is 2.98. The first kappa shape index (κ1) is 19.4. The van der Waals surface area contributed by atoms with Gasteiger partial charge in [0.15, 0.2) is 0 Å². The Bertz CT molecular complexity index is 869. The fourth-order valence-electron chi connectivity index (χ4n) is 3.09. The number of hydrogen-bond donors (Lipinski definition) is 1. The Morgan fingerprint density at radius 3 is 2.81 bits per heavy atom. The fourth-order valence-corrected chi connectivity index (χ4v) is 4.25. The molecule has 4 nitrogen and oxygen atoms in total. The highest BCUT2D eigenvalue weighted by atomic mass is 32.2. The Labute approximate surface area is 163 Å². The van der Waals surface area contributed by atoms with Crippen LogP contribution < -0.4 is 10.2 Å². The van der Waals surface area contributed by atoms with Crippen molar-refractivity contribution in [1.29, 1.82) is 0 Å². The van der Waals surface area contributed by atoms with E-state index in [0.29, 0.717) is 23.5 Å². The minimum absolute atomic E-state index is 0.0427. The number of nitrogens with one attached hydrogen (secondary N) is 1. The number of halogens is 1. The lowest BCUT2D eigenvalue weighted by Gasteiger charge is -2.25. The highest BCUT2D eigenvalue weighted by Gasteiger charge is 2.35. The van der Waals surface area contributed by atoms with Gasteiger partial charge in [-0.15, -0.1) is 11.8 Å². The topological polar surface area (TPSA) is 49.4 Å². The van der Waals surface area contributed by atoms with Crippen molar-refractivity contribution in [1.82, 2.24) is 0 Å². The van der Waals surface area contributed by atoms with Gasteiger partial charge in [0.25, 0.3) is 0 Å². The normalized spacial score (nSPS) is 16.9. The summed E-state index contributed by atoms with van der Waals surface area (Å²) in [5.41, 5.74) is 2.73. The number of amides is 2. The minimum atomic E-state index is -0.414. The molecule has 1 N–H and O–H groups in total. The molecule has 2 aromatic rings. The van der Waals surface area contributed by atoms with Gasteiger partial charge < -0.3 is 5.32 Å². The van der Waals surface area contributed by atoms with E-state index in [1.54, 1.807) is 12.1 Å². The molecule has 1 atom stereocenters. The largest absolute Gasteiger partial charge is 0.326 e. The van der Waals surface area contributed by atoms with Crippen LogP contribution in [0, 0.1) is 18.7 Å².